The average Bonchev–Trinajstić information content (AvgIpc) is 3.11. The molecule has 2 aromatic carbocycles. The highest BCUT2D eigenvalue weighted by molar-refractivity contribution is 6.13. The first-order valence-electron chi connectivity index (χ1n) is 11.3. The van der Waals surface area contributed by atoms with Crippen molar-refractivity contribution < 1.29 is 9.18 Å². The third-order valence-corrected chi connectivity index (χ3v) is 6.83. The second-order valence-electron chi connectivity index (χ2n) is 9.03. The summed E-state index contributed by atoms with van der Waals surface area (Å²) in [5.74, 6) is 0.00424. The number of ketones is 1. The molecule has 4 heteroatoms. The number of halogens is 1. The Balaban J connectivity index is 1.27. The summed E-state index contributed by atoms with van der Waals surface area (Å²) in [6.45, 7) is 4.15. The molecule has 2 aromatic rings. The molecule has 0 radical (unpaired) electrons. The lowest BCUT2D eigenvalue weighted by molar-refractivity contribution is 0.0902. The van der Waals surface area contributed by atoms with E-state index in [0.717, 1.165) is 37.2 Å². The van der Waals surface area contributed by atoms with Crippen LogP contribution >= 0.6 is 0 Å². The lowest BCUT2D eigenvalue weighted by Crippen LogP contribution is -2.40. The van der Waals surface area contributed by atoms with Crippen LogP contribution in [0.25, 0.3) is 5.57 Å². The third-order valence-electron chi connectivity index (χ3n) is 6.83. The van der Waals surface area contributed by atoms with Crippen LogP contribution < -0.4 is 5.32 Å². The summed E-state index contributed by atoms with van der Waals surface area (Å²) in [6, 6.07) is 16.4. The lowest BCUT2D eigenvalue weighted by atomic mass is 9.90. The number of alkyl halides is 1. The largest absolute Gasteiger partial charge is 0.313 e. The molecule has 160 valence electrons. The van der Waals surface area contributed by atoms with Gasteiger partial charge in [-0.25, -0.2) is 4.39 Å². The minimum atomic E-state index is -1.39. The molecule has 2 aliphatic heterocycles. The van der Waals surface area contributed by atoms with Crippen molar-refractivity contribution in [3.05, 3.63) is 88.5 Å². The minimum Gasteiger partial charge on any atom is -0.313 e. The highest BCUT2D eigenvalue weighted by atomic mass is 19.1. The van der Waals surface area contributed by atoms with E-state index in [1.165, 1.54) is 16.7 Å². The van der Waals surface area contributed by atoms with Gasteiger partial charge in [0.1, 0.15) is 5.67 Å². The molecule has 0 spiro atoms. The van der Waals surface area contributed by atoms with Crippen LogP contribution in [0.1, 0.15) is 46.3 Å². The summed E-state index contributed by atoms with van der Waals surface area (Å²) in [4.78, 5) is 15.2. The van der Waals surface area contributed by atoms with Crippen LogP contribution in [0.15, 0.2) is 66.3 Å². The van der Waals surface area contributed by atoms with Crippen LogP contribution in [-0.4, -0.2) is 42.5 Å². The number of carbonyl (C=O) groups excluding carboxylic acids is 1. The number of Topliss-reactive ketones (excluding diaryl/α,β-unsaturated/α-hetero) is 1. The zero-order chi connectivity index (χ0) is 21.3. The van der Waals surface area contributed by atoms with E-state index in [1.54, 1.807) is 6.08 Å². The Kier molecular flexibility index (Phi) is 5.59. The van der Waals surface area contributed by atoms with E-state index >= 15 is 4.39 Å². The summed E-state index contributed by atoms with van der Waals surface area (Å²) in [5.41, 5.74) is 4.81. The number of piperidine rings is 1. The molecule has 0 saturated carbocycles. The number of fused-ring (bicyclic) bond motifs is 1. The number of allylic oxidation sites excluding steroid dienone is 2. The fraction of sp³-hybridized carbons (Fsp3) is 0.370. The lowest BCUT2D eigenvalue weighted by Gasteiger charge is -2.35. The molecular weight excluding hydrogens is 387 g/mol. The van der Waals surface area contributed by atoms with E-state index in [2.05, 4.69) is 34.5 Å². The van der Waals surface area contributed by atoms with Crippen molar-refractivity contribution in [2.75, 3.05) is 26.2 Å². The predicted molar refractivity (Wildman–Crippen MR) is 123 cm³/mol. The molecule has 0 aromatic heterocycles. The van der Waals surface area contributed by atoms with E-state index in [0.29, 0.717) is 37.9 Å². The molecule has 1 fully saturated rings. The average molecular weight is 417 g/mol. The van der Waals surface area contributed by atoms with Crippen LogP contribution in [0.3, 0.4) is 0 Å². The van der Waals surface area contributed by atoms with Gasteiger partial charge in [-0.2, -0.15) is 0 Å². The van der Waals surface area contributed by atoms with Crippen molar-refractivity contribution in [1.29, 1.82) is 0 Å². The second-order valence-corrected chi connectivity index (χ2v) is 9.03. The molecule has 2 heterocycles. The maximum absolute atomic E-state index is 15.6. The number of nitrogens with one attached hydrogen (secondary N) is 1. The van der Waals surface area contributed by atoms with E-state index in [-0.39, 0.29) is 5.78 Å². The van der Waals surface area contributed by atoms with Gasteiger partial charge in [-0.3, -0.25) is 9.69 Å². The molecule has 0 unspecified atom stereocenters. The minimum absolute atomic E-state index is 0.00424. The predicted octanol–water partition coefficient (Wildman–Crippen LogP) is 4.73. The third kappa shape index (κ3) is 4.41. The second kappa shape index (κ2) is 8.52. The number of carbonyl (C=O) groups is 1. The Morgan fingerprint density at radius 3 is 2.65 bits per heavy atom. The summed E-state index contributed by atoms with van der Waals surface area (Å²) in [5, 5.41) is 3.33. The summed E-state index contributed by atoms with van der Waals surface area (Å²) < 4.78 is 15.6. The Morgan fingerprint density at radius 1 is 1.10 bits per heavy atom. The van der Waals surface area contributed by atoms with Gasteiger partial charge in [0.25, 0.3) is 0 Å². The highest BCUT2D eigenvalue weighted by Crippen LogP contribution is 2.35. The van der Waals surface area contributed by atoms with Gasteiger partial charge in [0.2, 0.25) is 0 Å². The Hall–Kier alpha value is -2.56. The zero-order valence-corrected chi connectivity index (χ0v) is 17.9. The van der Waals surface area contributed by atoms with Crippen molar-refractivity contribution in [1.82, 2.24) is 10.2 Å². The molecule has 0 bridgehead atoms. The van der Waals surface area contributed by atoms with Crippen LogP contribution in [0.5, 0.6) is 0 Å². The molecule has 5 rings (SSSR count). The van der Waals surface area contributed by atoms with Gasteiger partial charge in [0.05, 0.1) is 0 Å². The van der Waals surface area contributed by atoms with Gasteiger partial charge in [0.15, 0.2) is 5.78 Å². The first-order valence-corrected chi connectivity index (χ1v) is 11.3. The monoisotopic (exact) mass is 416 g/mol. The number of hydrogen-bond donors (Lipinski definition) is 1. The summed E-state index contributed by atoms with van der Waals surface area (Å²) in [6.07, 6.45) is 6.31. The van der Waals surface area contributed by atoms with Gasteiger partial charge in [-0.1, -0.05) is 54.6 Å². The number of nitrogens with zero attached hydrogens (tertiary/aromatic N) is 1. The maximum Gasteiger partial charge on any atom is 0.189 e. The maximum atomic E-state index is 15.6. The SMILES string of the molecule is O=C1/C(=C/C2(F)CCN(Cc3ccccc3)CC2)Cc2cc(C3=CCNCC3)ccc21. The van der Waals surface area contributed by atoms with Gasteiger partial charge in [-0.15, -0.1) is 0 Å². The number of likely N-dealkylation sites (tertiary alicyclic amines) is 1. The molecule has 31 heavy (non-hydrogen) atoms. The number of benzene rings is 2. The zero-order valence-electron chi connectivity index (χ0n) is 17.9. The topological polar surface area (TPSA) is 32.3 Å². The first-order chi connectivity index (χ1) is 15.1. The van der Waals surface area contributed by atoms with E-state index < -0.39 is 5.67 Å². The number of hydrogen-bond acceptors (Lipinski definition) is 3. The first kappa shape index (κ1) is 20.3. The Morgan fingerprint density at radius 2 is 1.90 bits per heavy atom. The molecule has 3 nitrogen and oxygen atoms in total. The Labute approximate surface area is 183 Å². The van der Waals surface area contributed by atoms with Crippen LogP contribution in [-0.2, 0) is 13.0 Å². The van der Waals surface area contributed by atoms with Gasteiger partial charge in [-0.05, 0) is 54.1 Å². The summed E-state index contributed by atoms with van der Waals surface area (Å²) in [7, 11) is 0. The van der Waals surface area contributed by atoms with Crippen molar-refractivity contribution in [2.45, 2.75) is 37.9 Å². The van der Waals surface area contributed by atoms with Crippen molar-refractivity contribution in [3.8, 4) is 0 Å². The van der Waals surface area contributed by atoms with Gasteiger partial charge < -0.3 is 5.32 Å². The quantitative estimate of drug-likeness (QED) is 0.731. The fourth-order valence-corrected chi connectivity index (χ4v) is 5.00. The molecule has 3 aliphatic rings. The fourth-order valence-electron chi connectivity index (χ4n) is 5.00. The molecule has 0 amide bonds. The van der Waals surface area contributed by atoms with E-state index in [4.69, 9.17) is 0 Å². The van der Waals surface area contributed by atoms with Gasteiger partial charge >= 0.3 is 0 Å². The highest BCUT2D eigenvalue weighted by Gasteiger charge is 2.35. The van der Waals surface area contributed by atoms with Crippen LogP contribution in [0, 0.1) is 0 Å². The number of rotatable bonds is 4. The molecule has 1 aliphatic carbocycles. The summed E-state index contributed by atoms with van der Waals surface area (Å²) >= 11 is 0. The molecule has 1 saturated heterocycles. The van der Waals surface area contributed by atoms with Crippen LogP contribution in [0.4, 0.5) is 4.39 Å². The van der Waals surface area contributed by atoms with Crippen molar-refractivity contribution >= 4 is 11.4 Å². The van der Waals surface area contributed by atoms with Crippen molar-refractivity contribution in [3.63, 3.8) is 0 Å². The van der Waals surface area contributed by atoms with E-state index in [9.17, 15) is 4.79 Å². The van der Waals surface area contributed by atoms with Gasteiger partial charge in [0, 0.05) is 43.7 Å². The molecule has 0 atom stereocenters. The van der Waals surface area contributed by atoms with E-state index in [1.807, 2.05) is 30.3 Å². The van der Waals surface area contributed by atoms with Crippen LogP contribution in [0.2, 0.25) is 0 Å². The molecular formula is C27H29FN2O. The smallest absolute Gasteiger partial charge is 0.189 e. The molecule has 1 N–H and O–H groups in total. The van der Waals surface area contributed by atoms with Crippen molar-refractivity contribution in [2.24, 2.45) is 0 Å². The Bertz CT molecular complexity index is 1030. The standard InChI is InChI=1S/C27H29FN2O/c28-27(10-14-30(15-11-27)19-20-4-2-1-3-5-20)18-24-17-23-16-22(6-7-25(23)26(24)31)21-8-12-29-13-9-21/h1-8,16,18,29H,9-15,17,19H2/b24-18+. The normalized spacial score (nSPS) is 22.4.